The number of carbonyl (C=O) groups excluding carboxylic acids is 1. The third kappa shape index (κ3) is 3.49. The van der Waals surface area contributed by atoms with Crippen LogP contribution < -0.4 is 10.2 Å². The highest BCUT2D eigenvalue weighted by Gasteiger charge is 2.28. The summed E-state index contributed by atoms with van der Waals surface area (Å²) in [5, 5.41) is 19.2. The van der Waals surface area contributed by atoms with Crippen LogP contribution >= 0.6 is 0 Å². The number of hydrogen-bond donors (Lipinski definition) is 2. The molecule has 28 heavy (non-hydrogen) atoms. The van der Waals surface area contributed by atoms with Crippen LogP contribution in [-0.4, -0.2) is 50.2 Å². The first-order chi connectivity index (χ1) is 13.8. The summed E-state index contributed by atoms with van der Waals surface area (Å²) in [7, 11) is 0. The molecule has 0 radical (unpaired) electrons. The fourth-order valence-corrected chi connectivity index (χ4v) is 3.66. The minimum atomic E-state index is -0.170. The first-order valence-corrected chi connectivity index (χ1v) is 9.85. The van der Waals surface area contributed by atoms with E-state index in [1.54, 1.807) is 0 Å². The number of rotatable bonds is 5. The Kier molecular flexibility index (Phi) is 4.31. The number of aromatic nitrogens is 5. The number of amides is 1. The van der Waals surface area contributed by atoms with Gasteiger partial charge in [-0.3, -0.25) is 9.89 Å². The predicted octanol–water partition coefficient (Wildman–Crippen LogP) is 2.27. The number of aromatic amines is 1. The van der Waals surface area contributed by atoms with E-state index in [2.05, 4.69) is 36.7 Å². The van der Waals surface area contributed by atoms with Gasteiger partial charge in [0.1, 0.15) is 0 Å². The molecule has 0 bridgehead atoms. The Bertz CT molecular complexity index is 952. The van der Waals surface area contributed by atoms with Crippen LogP contribution in [0.15, 0.2) is 42.6 Å². The summed E-state index contributed by atoms with van der Waals surface area (Å²) in [6.45, 7) is 1.77. The molecule has 1 aliphatic heterocycles. The maximum Gasteiger partial charge on any atom is 0.273 e. The first kappa shape index (κ1) is 17.0. The van der Waals surface area contributed by atoms with E-state index in [1.165, 1.54) is 29.5 Å². The third-order valence-corrected chi connectivity index (χ3v) is 5.47. The lowest BCUT2D eigenvalue weighted by molar-refractivity contribution is 0.0925. The molecular weight excluding hydrogens is 354 g/mol. The Hall–Kier alpha value is -3.16. The molecule has 2 aromatic heterocycles. The van der Waals surface area contributed by atoms with E-state index in [0.717, 1.165) is 37.4 Å². The SMILES string of the molecule is O=C(NC1CCN(c2cc(C3CC3)[nH]n2)CC1)c1cnn(-c2ccccc2)n1. The quantitative estimate of drug-likeness (QED) is 0.712. The Morgan fingerprint density at radius 3 is 2.64 bits per heavy atom. The van der Waals surface area contributed by atoms with Crippen molar-refractivity contribution in [3.8, 4) is 5.69 Å². The standard InChI is InChI=1S/C20H23N7O/c28-20(18-13-21-27(25-18)16-4-2-1-3-5-16)22-15-8-10-26(11-9-15)19-12-17(23-24-19)14-6-7-14/h1-5,12-15H,6-11H2,(H,22,28)(H,23,24). The zero-order valence-corrected chi connectivity index (χ0v) is 15.6. The van der Waals surface area contributed by atoms with Crippen LogP contribution in [0.1, 0.15) is 47.8 Å². The molecule has 0 atom stereocenters. The topological polar surface area (TPSA) is 91.7 Å². The minimum absolute atomic E-state index is 0.146. The van der Waals surface area contributed by atoms with Crippen LogP contribution in [0.4, 0.5) is 5.82 Å². The van der Waals surface area contributed by atoms with Gasteiger partial charge in [-0.25, -0.2) is 0 Å². The summed E-state index contributed by atoms with van der Waals surface area (Å²) in [5.74, 6) is 1.54. The third-order valence-electron chi connectivity index (χ3n) is 5.47. The van der Waals surface area contributed by atoms with Crippen molar-refractivity contribution in [1.82, 2.24) is 30.5 Å². The highest BCUT2D eigenvalue weighted by atomic mass is 16.2. The van der Waals surface area contributed by atoms with E-state index >= 15 is 0 Å². The molecule has 2 N–H and O–H groups in total. The molecule has 0 spiro atoms. The summed E-state index contributed by atoms with van der Waals surface area (Å²) in [6.07, 6.45) is 5.84. The van der Waals surface area contributed by atoms with E-state index in [0.29, 0.717) is 11.6 Å². The van der Waals surface area contributed by atoms with Crippen molar-refractivity contribution in [2.45, 2.75) is 37.6 Å². The molecule has 3 aromatic rings. The van der Waals surface area contributed by atoms with Crippen LogP contribution in [0.3, 0.4) is 0 Å². The lowest BCUT2D eigenvalue weighted by Gasteiger charge is -2.32. The summed E-state index contributed by atoms with van der Waals surface area (Å²) in [4.78, 5) is 16.3. The molecule has 1 saturated heterocycles. The Labute approximate surface area is 162 Å². The van der Waals surface area contributed by atoms with Gasteiger partial charge >= 0.3 is 0 Å². The molecule has 0 unspecified atom stereocenters. The second-order valence-corrected chi connectivity index (χ2v) is 7.55. The van der Waals surface area contributed by atoms with Crippen LogP contribution in [-0.2, 0) is 0 Å². The molecule has 8 nitrogen and oxygen atoms in total. The highest BCUT2D eigenvalue weighted by Crippen LogP contribution is 2.40. The Morgan fingerprint density at radius 2 is 1.89 bits per heavy atom. The van der Waals surface area contributed by atoms with Crippen LogP contribution in [0.2, 0.25) is 0 Å². The van der Waals surface area contributed by atoms with Crippen molar-refractivity contribution in [2.75, 3.05) is 18.0 Å². The molecule has 1 saturated carbocycles. The number of piperidine rings is 1. The minimum Gasteiger partial charge on any atom is -0.355 e. The van der Waals surface area contributed by atoms with Crippen LogP contribution in [0, 0.1) is 0 Å². The predicted molar refractivity (Wildman–Crippen MR) is 105 cm³/mol. The maximum absolute atomic E-state index is 12.5. The number of carbonyl (C=O) groups is 1. The average Bonchev–Trinajstić information content (AvgIpc) is 3.27. The zero-order valence-electron chi connectivity index (χ0n) is 15.6. The van der Waals surface area contributed by atoms with Crippen molar-refractivity contribution < 1.29 is 4.79 Å². The fourth-order valence-electron chi connectivity index (χ4n) is 3.66. The molecule has 144 valence electrons. The summed E-state index contributed by atoms with van der Waals surface area (Å²) in [6, 6.07) is 11.9. The van der Waals surface area contributed by atoms with Gasteiger partial charge in [0.15, 0.2) is 11.5 Å². The maximum atomic E-state index is 12.5. The van der Waals surface area contributed by atoms with Gasteiger partial charge in [0.2, 0.25) is 0 Å². The normalized spacial score (nSPS) is 17.6. The lowest BCUT2D eigenvalue weighted by Crippen LogP contribution is -2.45. The van der Waals surface area contributed by atoms with Gasteiger partial charge in [-0.1, -0.05) is 18.2 Å². The second-order valence-electron chi connectivity index (χ2n) is 7.55. The summed E-state index contributed by atoms with van der Waals surface area (Å²) < 4.78 is 0. The molecule has 1 amide bonds. The fraction of sp³-hybridized carbons (Fsp3) is 0.400. The van der Waals surface area contributed by atoms with E-state index in [1.807, 2.05) is 30.3 Å². The van der Waals surface area contributed by atoms with E-state index < -0.39 is 0 Å². The molecule has 3 heterocycles. The zero-order chi connectivity index (χ0) is 18.9. The lowest BCUT2D eigenvalue weighted by atomic mass is 10.0. The van der Waals surface area contributed by atoms with Crippen molar-refractivity contribution >= 4 is 11.7 Å². The smallest absolute Gasteiger partial charge is 0.273 e. The largest absolute Gasteiger partial charge is 0.355 e. The summed E-state index contributed by atoms with van der Waals surface area (Å²) in [5.41, 5.74) is 2.43. The number of para-hydroxylation sites is 1. The number of anilines is 1. The van der Waals surface area contributed by atoms with Crippen molar-refractivity contribution in [3.05, 3.63) is 54.0 Å². The van der Waals surface area contributed by atoms with Crippen LogP contribution in [0.25, 0.3) is 5.69 Å². The second kappa shape index (κ2) is 7.10. The average molecular weight is 377 g/mol. The van der Waals surface area contributed by atoms with Crippen molar-refractivity contribution in [2.24, 2.45) is 0 Å². The van der Waals surface area contributed by atoms with Gasteiger partial charge in [-0.05, 0) is 37.8 Å². The van der Waals surface area contributed by atoms with E-state index in [9.17, 15) is 4.79 Å². The van der Waals surface area contributed by atoms with E-state index in [4.69, 9.17) is 0 Å². The number of benzene rings is 1. The van der Waals surface area contributed by atoms with Crippen LogP contribution in [0.5, 0.6) is 0 Å². The van der Waals surface area contributed by atoms with Gasteiger partial charge in [0, 0.05) is 36.8 Å². The van der Waals surface area contributed by atoms with Crippen molar-refractivity contribution in [1.29, 1.82) is 0 Å². The molecule has 2 fully saturated rings. The monoisotopic (exact) mass is 377 g/mol. The molecule has 1 aliphatic carbocycles. The Morgan fingerprint density at radius 1 is 1.11 bits per heavy atom. The van der Waals surface area contributed by atoms with E-state index in [-0.39, 0.29) is 11.9 Å². The molecule has 8 heteroatoms. The number of nitrogens with zero attached hydrogens (tertiary/aromatic N) is 5. The van der Waals surface area contributed by atoms with Gasteiger partial charge in [0.25, 0.3) is 5.91 Å². The summed E-state index contributed by atoms with van der Waals surface area (Å²) >= 11 is 0. The number of H-pyrrole nitrogens is 1. The molecular formula is C20H23N7O. The highest BCUT2D eigenvalue weighted by molar-refractivity contribution is 5.92. The van der Waals surface area contributed by atoms with Gasteiger partial charge < -0.3 is 10.2 Å². The van der Waals surface area contributed by atoms with Gasteiger partial charge in [-0.2, -0.15) is 15.0 Å². The number of nitrogens with one attached hydrogen (secondary N) is 2. The molecule has 1 aromatic carbocycles. The number of hydrogen-bond acceptors (Lipinski definition) is 5. The molecule has 5 rings (SSSR count). The first-order valence-electron chi connectivity index (χ1n) is 9.85. The van der Waals surface area contributed by atoms with Crippen molar-refractivity contribution in [3.63, 3.8) is 0 Å². The molecule has 2 aliphatic rings. The van der Waals surface area contributed by atoms with Gasteiger partial charge in [0.05, 0.1) is 11.9 Å². The van der Waals surface area contributed by atoms with Gasteiger partial charge in [-0.15, -0.1) is 5.10 Å². The Balaban J connectivity index is 1.16.